The summed E-state index contributed by atoms with van der Waals surface area (Å²) in [6.07, 6.45) is 2.95. The molecule has 6 heteroatoms. The second-order valence-corrected chi connectivity index (χ2v) is 3.66. The second kappa shape index (κ2) is 5.05. The van der Waals surface area contributed by atoms with Crippen LogP contribution in [-0.2, 0) is 6.54 Å². The zero-order chi connectivity index (χ0) is 12.3. The highest BCUT2D eigenvalue weighted by Gasteiger charge is 2.04. The van der Waals surface area contributed by atoms with Gasteiger partial charge in [0, 0.05) is 18.9 Å². The second-order valence-electron chi connectivity index (χ2n) is 3.30. The number of nitrogens with one attached hydrogen (secondary N) is 1. The van der Waals surface area contributed by atoms with Crippen LogP contribution in [0.25, 0.3) is 0 Å². The molecule has 2 aromatic rings. The summed E-state index contributed by atoms with van der Waals surface area (Å²) in [6.45, 7) is 0.287. The molecular weight excluding hydrogens is 248 g/mol. The van der Waals surface area contributed by atoms with Gasteiger partial charge in [-0.2, -0.15) is 0 Å². The van der Waals surface area contributed by atoms with E-state index in [9.17, 15) is 8.78 Å². The lowest BCUT2D eigenvalue weighted by Gasteiger charge is -2.06. The monoisotopic (exact) mass is 255 g/mol. The van der Waals surface area contributed by atoms with Crippen molar-refractivity contribution < 1.29 is 8.78 Å². The van der Waals surface area contributed by atoms with Crippen LogP contribution in [0.4, 0.5) is 14.6 Å². The molecule has 2 rings (SSSR count). The molecule has 1 aromatic carbocycles. The van der Waals surface area contributed by atoms with Crippen molar-refractivity contribution in [2.45, 2.75) is 6.54 Å². The van der Waals surface area contributed by atoms with Crippen LogP contribution in [0.5, 0.6) is 0 Å². The van der Waals surface area contributed by atoms with Gasteiger partial charge in [-0.05, 0) is 17.7 Å². The summed E-state index contributed by atoms with van der Waals surface area (Å²) >= 11 is 5.78. The lowest BCUT2D eigenvalue weighted by Crippen LogP contribution is -2.03. The molecule has 0 fully saturated rings. The van der Waals surface area contributed by atoms with Gasteiger partial charge in [0.05, 0.1) is 0 Å². The summed E-state index contributed by atoms with van der Waals surface area (Å²) in [5.74, 6) is -1.35. The molecule has 0 spiro atoms. The van der Waals surface area contributed by atoms with Crippen molar-refractivity contribution in [3.63, 3.8) is 0 Å². The zero-order valence-corrected chi connectivity index (χ0v) is 9.38. The highest BCUT2D eigenvalue weighted by atomic mass is 35.5. The molecule has 17 heavy (non-hydrogen) atoms. The number of hydrogen-bond donors (Lipinski definition) is 1. The van der Waals surface area contributed by atoms with Crippen molar-refractivity contribution in [2.24, 2.45) is 0 Å². The van der Waals surface area contributed by atoms with E-state index in [4.69, 9.17) is 11.6 Å². The average molecular weight is 256 g/mol. The normalized spacial score (nSPS) is 10.3. The summed E-state index contributed by atoms with van der Waals surface area (Å²) in [5, 5.41) is 3.11. The molecule has 0 aliphatic carbocycles. The van der Waals surface area contributed by atoms with Crippen LogP contribution >= 0.6 is 11.6 Å². The molecular formula is C11H8ClF2N3. The quantitative estimate of drug-likeness (QED) is 0.916. The maximum absolute atomic E-state index is 12.9. The Kier molecular flexibility index (Phi) is 3.49. The third-order valence-corrected chi connectivity index (χ3v) is 2.37. The highest BCUT2D eigenvalue weighted by Crippen LogP contribution is 2.16. The van der Waals surface area contributed by atoms with Gasteiger partial charge in [0.15, 0.2) is 22.6 Å². The van der Waals surface area contributed by atoms with Gasteiger partial charge in [-0.1, -0.05) is 17.7 Å². The van der Waals surface area contributed by atoms with E-state index in [0.29, 0.717) is 11.4 Å². The first-order valence-corrected chi connectivity index (χ1v) is 5.19. The Morgan fingerprint density at radius 1 is 1.12 bits per heavy atom. The summed E-state index contributed by atoms with van der Waals surface area (Å²) < 4.78 is 25.6. The minimum atomic E-state index is -0.880. The number of halogens is 3. The first kappa shape index (κ1) is 11.7. The molecule has 0 radical (unpaired) electrons. The molecule has 0 aliphatic heterocycles. The Labute approximate surface area is 101 Å². The maximum atomic E-state index is 12.9. The number of aromatic nitrogens is 2. The molecule has 0 amide bonds. The lowest BCUT2D eigenvalue weighted by molar-refractivity contribution is 0.507. The number of anilines is 1. The van der Waals surface area contributed by atoms with Gasteiger partial charge in [0.1, 0.15) is 0 Å². The van der Waals surface area contributed by atoms with E-state index >= 15 is 0 Å². The first-order valence-electron chi connectivity index (χ1n) is 4.81. The fourth-order valence-corrected chi connectivity index (χ4v) is 1.45. The molecule has 0 unspecified atom stereocenters. The maximum Gasteiger partial charge on any atom is 0.171 e. The first-order chi connectivity index (χ1) is 8.16. The van der Waals surface area contributed by atoms with Gasteiger partial charge in [-0.15, -0.1) is 0 Å². The minimum absolute atomic E-state index is 0.232. The predicted molar refractivity (Wildman–Crippen MR) is 60.7 cm³/mol. The molecule has 88 valence electrons. The van der Waals surface area contributed by atoms with E-state index in [1.807, 2.05) is 0 Å². The van der Waals surface area contributed by atoms with E-state index in [0.717, 1.165) is 12.1 Å². The molecule has 1 aromatic heterocycles. The number of benzene rings is 1. The van der Waals surface area contributed by atoms with Gasteiger partial charge in [0.25, 0.3) is 0 Å². The Morgan fingerprint density at radius 3 is 2.59 bits per heavy atom. The number of nitrogens with zero attached hydrogens (tertiary/aromatic N) is 2. The zero-order valence-electron chi connectivity index (χ0n) is 8.62. The van der Waals surface area contributed by atoms with Gasteiger partial charge in [-0.3, -0.25) is 0 Å². The standard InChI is InChI=1S/C11H8ClF2N3/c12-10-11(16-4-3-15-10)17-6-7-1-2-8(13)9(14)5-7/h1-5H,6H2,(H,16,17). The van der Waals surface area contributed by atoms with E-state index < -0.39 is 11.6 Å². The van der Waals surface area contributed by atoms with Crippen LogP contribution in [0.15, 0.2) is 30.6 Å². The summed E-state index contributed by atoms with van der Waals surface area (Å²) in [5.41, 5.74) is 0.589. The third kappa shape index (κ3) is 2.88. The Morgan fingerprint density at radius 2 is 1.88 bits per heavy atom. The van der Waals surface area contributed by atoms with E-state index in [2.05, 4.69) is 15.3 Å². The van der Waals surface area contributed by atoms with Gasteiger partial charge in [-0.25, -0.2) is 18.7 Å². The van der Waals surface area contributed by atoms with Crippen LogP contribution in [0.1, 0.15) is 5.56 Å². The summed E-state index contributed by atoms with van der Waals surface area (Å²) in [7, 11) is 0. The molecule has 0 saturated carbocycles. The van der Waals surface area contributed by atoms with Crippen molar-refractivity contribution in [1.29, 1.82) is 0 Å². The fraction of sp³-hybridized carbons (Fsp3) is 0.0909. The van der Waals surface area contributed by atoms with E-state index in [-0.39, 0.29) is 11.7 Å². The molecule has 1 N–H and O–H groups in total. The van der Waals surface area contributed by atoms with Gasteiger partial charge >= 0.3 is 0 Å². The van der Waals surface area contributed by atoms with Crippen molar-refractivity contribution in [2.75, 3.05) is 5.32 Å². The van der Waals surface area contributed by atoms with Crippen molar-refractivity contribution in [3.05, 3.63) is 52.9 Å². The summed E-state index contributed by atoms with van der Waals surface area (Å²) in [6, 6.07) is 3.67. The average Bonchev–Trinajstić information content (AvgIpc) is 2.32. The van der Waals surface area contributed by atoms with Crippen LogP contribution in [0, 0.1) is 11.6 Å². The lowest BCUT2D eigenvalue weighted by atomic mass is 10.2. The predicted octanol–water partition coefficient (Wildman–Crippen LogP) is 3.02. The summed E-state index contributed by atoms with van der Waals surface area (Å²) in [4.78, 5) is 7.79. The van der Waals surface area contributed by atoms with Crippen molar-refractivity contribution in [1.82, 2.24) is 9.97 Å². The molecule has 0 aliphatic rings. The molecule has 0 atom stereocenters. The fourth-order valence-electron chi connectivity index (χ4n) is 1.28. The topological polar surface area (TPSA) is 37.8 Å². The molecule has 3 nitrogen and oxygen atoms in total. The van der Waals surface area contributed by atoms with Crippen molar-refractivity contribution in [3.8, 4) is 0 Å². The van der Waals surface area contributed by atoms with E-state index in [1.165, 1.54) is 18.5 Å². The Bertz CT molecular complexity index is 534. The van der Waals surface area contributed by atoms with Gasteiger partial charge < -0.3 is 5.32 Å². The number of hydrogen-bond acceptors (Lipinski definition) is 3. The molecule has 1 heterocycles. The molecule has 0 bridgehead atoms. The van der Waals surface area contributed by atoms with Crippen LogP contribution in [0.2, 0.25) is 5.15 Å². The third-order valence-electron chi connectivity index (χ3n) is 2.10. The Balaban J connectivity index is 2.08. The largest absolute Gasteiger partial charge is 0.363 e. The van der Waals surface area contributed by atoms with Crippen LogP contribution in [0.3, 0.4) is 0 Å². The van der Waals surface area contributed by atoms with Crippen molar-refractivity contribution >= 4 is 17.4 Å². The molecule has 0 saturated heterocycles. The number of rotatable bonds is 3. The highest BCUT2D eigenvalue weighted by molar-refractivity contribution is 6.31. The Hall–Kier alpha value is -1.75. The van der Waals surface area contributed by atoms with Gasteiger partial charge in [0.2, 0.25) is 0 Å². The smallest absolute Gasteiger partial charge is 0.171 e. The SMILES string of the molecule is Fc1ccc(CNc2nccnc2Cl)cc1F. The van der Waals surface area contributed by atoms with Crippen LogP contribution in [-0.4, -0.2) is 9.97 Å². The minimum Gasteiger partial charge on any atom is -0.363 e. The van der Waals surface area contributed by atoms with Crippen LogP contribution < -0.4 is 5.32 Å². The van der Waals surface area contributed by atoms with E-state index in [1.54, 1.807) is 0 Å².